The third kappa shape index (κ3) is 3.30. The molecule has 0 unspecified atom stereocenters. The predicted octanol–water partition coefficient (Wildman–Crippen LogP) is 4.18. The molecule has 1 fully saturated rings. The summed E-state index contributed by atoms with van der Waals surface area (Å²) in [5.41, 5.74) is 1.44. The molecule has 1 saturated heterocycles. The van der Waals surface area contributed by atoms with Gasteiger partial charge in [-0.15, -0.1) is 0 Å². The van der Waals surface area contributed by atoms with Gasteiger partial charge >= 0.3 is 0 Å². The number of aromatic nitrogens is 1. The van der Waals surface area contributed by atoms with Crippen molar-refractivity contribution in [1.82, 2.24) is 9.88 Å². The van der Waals surface area contributed by atoms with Crippen LogP contribution in [-0.2, 0) is 0 Å². The summed E-state index contributed by atoms with van der Waals surface area (Å²) in [7, 11) is 0. The van der Waals surface area contributed by atoms with Crippen LogP contribution in [0, 0.1) is 0 Å². The molecule has 1 atom stereocenters. The van der Waals surface area contributed by atoms with Crippen molar-refractivity contribution >= 4 is 28.4 Å². The first kappa shape index (κ1) is 15.9. The van der Waals surface area contributed by atoms with Gasteiger partial charge in [0.25, 0.3) is 5.91 Å². The number of nitrogens with zero attached hydrogens (tertiary/aromatic N) is 2. The number of likely N-dealkylation sites (tertiary alicyclic amines) is 1. The Balaban J connectivity index is 1.45. The van der Waals surface area contributed by atoms with Gasteiger partial charge < -0.3 is 9.64 Å². The van der Waals surface area contributed by atoms with E-state index >= 15 is 0 Å². The van der Waals surface area contributed by atoms with Crippen molar-refractivity contribution in [2.24, 2.45) is 0 Å². The van der Waals surface area contributed by atoms with Crippen LogP contribution in [0.1, 0.15) is 16.8 Å². The fraction of sp³-hybridized carbons (Fsp3) is 0.200. The molecule has 4 rings (SSSR count). The molecule has 1 aliphatic heterocycles. The molecule has 3 aromatic rings. The Bertz CT molecular complexity index is 928. The summed E-state index contributed by atoms with van der Waals surface area (Å²) in [6.45, 7) is 1.20. The number of halogens is 1. The molecule has 0 N–H and O–H groups in total. The topological polar surface area (TPSA) is 42.4 Å². The van der Waals surface area contributed by atoms with Crippen molar-refractivity contribution in [3.05, 3.63) is 71.2 Å². The number of benzene rings is 2. The summed E-state index contributed by atoms with van der Waals surface area (Å²) in [4.78, 5) is 18.9. The van der Waals surface area contributed by atoms with Crippen LogP contribution in [0.15, 0.2) is 60.7 Å². The van der Waals surface area contributed by atoms with Crippen LogP contribution in [-0.4, -0.2) is 35.0 Å². The number of hydrogen-bond acceptors (Lipinski definition) is 3. The van der Waals surface area contributed by atoms with E-state index in [1.807, 2.05) is 48.5 Å². The van der Waals surface area contributed by atoms with Gasteiger partial charge in [0.1, 0.15) is 6.10 Å². The number of para-hydroxylation sites is 1. The van der Waals surface area contributed by atoms with Crippen molar-refractivity contribution < 1.29 is 9.53 Å². The highest BCUT2D eigenvalue weighted by Gasteiger charge is 2.29. The number of fused-ring (bicyclic) bond motifs is 1. The molecule has 1 amide bonds. The number of pyridine rings is 1. The van der Waals surface area contributed by atoms with Gasteiger partial charge in [-0.1, -0.05) is 41.9 Å². The quantitative estimate of drug-likeness (QED) is 0.710. The highest BCUT2D eigenvalue weighted by atomic mass is 35.5. The lowest BCUT2D eigenvalue weighted by Gasteiger charge is -2.17. The third-order valence-corrected chi connectivity index (χ3v) is 4.73. The number of ether oxygens (including phenoxy) is 1. The van der Waals surface area contributed by atoms with Crippen LogP contribution in [0.5, 0.6) is 5.88 Å². The average Bonchev–Trinajstić information content (AvgIpc) is 3.10. The van der Waals surface area contributed by atoms with Crippen LogP contribution >= 0.6 is 11.6 Å². The van der Waals surface area contributed by atoms with Crippen molar-refractivity contribution in [2.45, 2.75) is 12.5 Å². The van der Waals surface area contributed by atoms with E-state index in [-0.39, 0.29) is 12.0 Å². The predicted molar refractivity (Wildman–Crippen MR) is 98.1 cm³/mol. The van der Waals surface area contributed by atoms with Crippen molar-refractivity contribution in [2.75, 3.05) is 13.1 Å². The van der Waals surface area contributed by atoms with Gasteiger partial charge in [-0.3, -0.25) is 4.79 Å². The Hall–Kier alpha value is -2.59. The van der Waals surface area contributed by atoms with Crippen LogP contribution < -0.4 is 4.74 Å². The largest absolute Gasteiger partial charge is 0.472 e. The summed E-state index contributed by atoms with van der Waals surface area (Å²) in [5.74, 6) is 0.541. The number of rotatable bonds is 3. The third-order valence-electron chi connectivity index (χ3n) is 4.40. The Morgan fingerprint density at radius 2 is 1.88 bits per heavy atom. The Morgan fingerprint density at radius 3 is 2.76 bits per heavy atom. The van der Waals surface area contributed by atoms with E-state index in [9.17, 15) is 4.79 Å². The fourth-order valence-electron chi connectivity index (χ4n) is 3.10. The molecule has 126 valence electrons. The van der Waals surface area contributed by atoms with Gasteiger partial charge in [-0.25, -0.2) is 4.98 Å². The molecule has 0 bridgehead atoms. The van der Waals surface area contributed by atoms with Gasteiger partial charge in [0.05, 0.1) is 22.6 Å². The summed E-state index contributed by atoms with van der Waals surface area (Å²) in [5, 5.41) is 1.56. The maximum Gasteiger partial charge on any atom is 0.255 e. The van der Waals surface area contributed by atoms with E-state index in [1.54, 1.807) is 17.0 Å². The maximum atomic E-state index is 12.6. The Kier molecular flexibility index (Phi) is 4.28. The van der Waals surface area contributed by atoms with E-state index < -0.39 is 0 Å². The SMILES string of the molecule is O=C(c1ccccc1Cl)N1CC[C@@H](Oc2ccc3ccccc3n2)C1. The van der Waals surface area contributed by atoms with E-state index in [2.05, 4.69) is 4.98 Å². The van der Waals surface area contributed by atoms with Gasteiger partial charge in [0.2, 0.25) is 5.88 Å². The highest BCUT2D eigenvalue weighted by molar-refractivity contribution is 6.33. The number of amides is 1. The second kappa shape index (κ2) is 6.73. The lowest BCUT2D eigenvalue weighted by Crippen LogP contribution is -2.31. The number of carbonyl (C=O) groups excluding carboxylic acids is 1. The minimum absolute atomic E-state index is 0.0526. The number of hydrogen-bond donors (Lipinski definition) is 0. The van der Waals surface area contributed by atoms with Gasteiger partial charge in [-0.2, -0.15) is 0 Å². The average molecular weight is 353 g/mol. The molecule has 1 aromatic heterocycles. The van der Waals surface area contributed by atoms with E-state index in [0.717, 1.165) is 17.3 Å². The zero-order chi connectivity index (χ0) is 17.2. The van der Waals surface area contributed by atoms with Crippen LogP contribution in [0.3, 0.4) is 0 Å². The second-order valence-electron chi connectivity index (χ2n) is 6.10. The van der Waals surface area contributed by atoms with Gasteiger partial charge in [0.15, 0.2) is 0 Å². The minimum Gasteiger partial charge on any atom is -0.472 e. The zero-order valence-electron chi connectivity index (χ0n) is 13.6. The first-order valence-electron chi connectivity index (χ1n) is 8.27. The van der Waals surface area contributed by atoms with Crippen LogP contribution in [0.2, 0.25) is 5.02 Å². The molecule has 0 spiro atoms. The lowest BCUT2D eigenvalue weighted by molar-refractivity contribution is 0.0771. The number of carbonyl (C=O) groups is 1. The molecule has 0 radical (unpaired) electrons. The zero-order valence-corrected chi connectivity index (χ0v) is 14.3. The first-order valence-corrected chi connectivity index (χ1v) is 8.65. The van der Waals surface area contributed by atoms with Crippen molar-refractivity contribution in [3.63, 3.8) is 0 Å². The summed E-state index contributed by atoms with van der Waals surface area (Å²) < 4.78 is 5.99. The molecular formula is C20H17ClN2O2. The smallest absolute Gasteiger partial charge is 0.255 e. The standard InChI is InChI=1S/C20H17ClN2O2/c21-17-7-3-2-6-16(17)20(24)23-12-11-15(13-23)25-19-10-9-14-5-1-4-8-18(14)22-19/h1-10,15H,11-13H2/t15-/m1/s1. The molecule has 25 heavy (non-hydrogen) atoms. The molecule has 0 saturated carbocycles. The molecule has 5 heteroatoms. The fourth-order valence-corrected chi connectivity index (χ4v) is 3.31. The Morgan fingerprint density at radius 1 is 1.08 bits per heavy atom. The summed E-state index contributed by atoms with van der Waals surface area (Å²) in [6.07, 6.45) is 0.727. The van der Waals surface area contributed by atoms with Gasteiger partial charge in [0, 0.05) is 24.4 Å². The van der Waals surface area contributed by atoms with E-state index in [0.29, 0.717) is 29.6 Å². The maximum absolute atomic E-state index is 12.6. The van der Waals surface area contributed by atoms with E-state index in [4.69, 9.17) is 16.3 Å². The summed E-state index contributed by atoms with van der Waals surface area (Å²) in [6, 6.07) is 18.9. The minimum atomic E-state index is -0.0555. The normalized spacial score (nSPS) is 17.0. The molecule has 2 aromatic carbocycles. The summed E-state index contributed by atoms with van der Waals surface area (Å²) >= 11 is 6.13. The second-order valence-corrected chi connectivity index (χ2v) is 6.51. The van der Waals surface area contributed by atoms with Gasteiger partial charge in [-0.05, 0) is 24.3 Å². The van der Waals surface area contributed by atoms with Crippen LogP contribution in [0.25, 0.3) is 10.9 Å². The molecule has 0 aliphatic carbocycles. The monoisotopic (exact) mass is 352 g/mol. The van der Waals surface area contributed by atoms with Crippen LogP contribution in [0.4, 0.5) is 0 Å². The molecule has 1 aliphatic rings. The van der Waals surface area contributed by atoms with Crippen molar-refractivity contribution in [1.29, 1.82) is 0 Å². The van der Waals surface area contributed by atoms with E-state index in [1.165, 1.54) is 0 Å². The lowest BCUT2D eigenvalue weighted by atomic mass is 10.2. The molecule has 2 heterocycles. The molecular weight excluding hydrogens is 336 g/mol. The molecule has 4 nitrogen and oxygen atoms in total. The van der Waals surface area contributed by atoms with Crippen molar-refractivity contribution in [3.8, 4) is 5.88 Å². The first-order chi connectivity index (χ1) is 12.2. The Labute approximate surface area is 151 Å². The highest BCUT2D eigenvalue weighted by Crippen LogP contribution is 2.23.